The topological polar surface area (TPSA) is 58.9 Å². The molecule has 0 bridgehead atoms. The molecule has 0 atom stereocenters. The van der Waals surface area contributed by atoms with E-state index in [0.29, 0.717) is 16.8 Å². The van der Waals surface area contributed by atoms with Crippen molar-refractivity contribution in [1.82, 2.24) is 4.98 Å². The van der Waals surface area contributed by atoms with Crippen molar-refractivity contribution in [2.24, 2.45) is 0 Å². The SMILES string of the molecule is Cc1c(N)cc(Br)cc1C(=O)c1c[nH]c2ccc(Br)cc12. The Labute approximate surface area is 138 Å². The van der Waals surface area contributed by atoms with Gasteiger partial charge in [0.05, 0.1) is 0 Å². The second kappa shape index (κ2) is 5.31. The van der Waals surface area contributed by atoms with Crippen LogP contribution in [0.2, 0.25) is 0 Å². The van der Waals surface area contributed by atoms with E-state index in [1.807, 2.05) is 31.2 Å². The summed E-state index contributed by atoms with van der Waals surface area (Å²) in [6.07, 6.45) is 1.75. The van der Waals surface area contributed by atoms with Gasteiger partial charge in [0.1, 0.15) is 0 Å². The molecule has 0 aliphatic heterocycles. The Bertz CT molecular complexity index is 868. The largest absolute Gasteiger partial charge is 0.398 e. The molecule has 21 heavy (non-hydrogen) atoms. The molecule has 0 saturated carbocycles. The van der Waals surface area contributed by atoms with Crippen molar-refractivity contribution in [3.63, 3.8) is 0 Å². The van der Waals surface area contributed by atoms with E-state index in [-0.39, 0.29) is 5.78 Å². The van der Waals surface area contributed by atoms with Gasteiger partial charge in [-0.15, -0.1) is 0 Å². The molecule has 0 fully saturated rings. The summed E-state index contributed by atoms with van der Waals surface area (Å²) in [4.78, 5) is 16.0. The Hall–Kier alpha value is -1.59. The van der Waals surface area contributed by atoms with Crippen molar-refractivity contribution in [3.05, 3.63) is 62.2 Å². The van der Waals surface area contributed by atoms with Gasteiger partial charge in [-0.05, 0) is 42.8 Å². The molecule has 3 rings (SSSR count). The first-order valence-corrected chi connectivity index (χ1v) is 7.93. The van der Waals surface area contributed by atoms with Crippen molar-refractivity contribution < 1.29 is 4.79 Å². The third-order valence-corrected chi connectivity index (χ3v) is 4.50. The normalized spacial score (nSPS) is 11.0. The first-order valence-electron chi connectivity index (χ1n) is 6.34. The van der Waals surface area contributed by atoms with Crippen molar-refractivity contribution in [3.8, 4) is 0 Å². The molecule has 0 saturated heterocycles. The number of hydrogen-bond acceptors (Lipinski definition) is 2. The van der Waals surface area contributed by atoms with E-state index in [9.17, 15) is 4.79 Å². The number of H-pyrrole nitrogens is 1. The Balaban J connectivity index is 2.19. The zero-order chi connectivity index (χ0) is 15.1. The summed E-state index contributed by atoms with van der Waals surface area (Å²) in [6, 6.07) is 9.44. The van der Waals surface area contributed by atoms with Crippen LogP contribution in [-0.4, -0.2) is 10.8 Å². The number of nitrogens with one attached hydrogen (secondary N) is 1. The van der Waals surface area contributed by atoms with Crippen LogP contribution in [0.5, 0.6) is 0 Å². The smallest absolute Gasteiger partial charge is 0.195 e. The van der Waals surface area contributed by atoms with Crippen molar-refractivity contribution in [2.75, 3.05) is 5.73 Å². The molecule has 1 heterocycles. The fraction of sp³-hybridized carbons (Fsp3) is 0.0625. The van der Waals surface area contributed by atoms with Crippen molar-refractivity contribution in [2.45, 2.75) is 6.92 Å². The fourth-order valence-electron chi connectivity index (χ4n) is 2.36. The summed E-state index contributed by atoms with van der Waals surface area (Å²) in [5.74, 6) is -0.0372. The summed E-state index contributed by atoms with van der Waals surface area (Å²) in [6.45, 7) is 1.86. The Morgan fingerprint density at radius 2 is 1.86 bits per heavy atom. The minimum Gasteiger partial charge on any atom is -0.398 e. The van der Waals surface area contributed by atoms with Crippen LogP contribution in [0.4, 0.5) is 5.69 Å². The zero-order valence-electron chi connectivity index (χ0n) is 11.2. The van der Waals surface area contributed by atoms with Crippen LogP contribution >= 0.6 is 31.9 Å². The number of anilines is 1. The van der Waals surface area contributed by atoms with Crippen LogP contribution in [0, 0.1) is 6.92 Å². The number of hydrogen-bond donors (Lipinski definition) is 2. The Morgan fingerprint density at radius 1 is 1.10 bits per heavy atom. The van der Waals surface area contributed by atoms with Gasteiger partial charge in [0.2, 0.25) is 0 Å². The first-order chi connectivity index (χ1) is 9.97. The number of nitrogens with two attached hydrogens (primary N) is 1. The lowest BCUT2D eigenvalue weighted by Gasteiger charge is -2.08. The molecule has 0 aliphatic carbocycles. The average molecular weight is 408 g/mol. The molecule has 1 aromatic heterocycles. The van der Waals surface area contributed by atoms with E-state index in [4.69, 9.17) is 5.73 Å². The highest BCUT2D eigenvalue weighted by Crippen LogP contribution is 2.28. The van der Waals surface area contributed by atoms with Crippen LogP contribution in [0.3, 0.4) is 0 Å². The lowest BCUT2D eigenvalue weighted by Crippen LogP contribution is -2.05. The lowest BCUT2D eigenvalue weighted by atomic mass is 9.98. The number of carbonyl (C=O) groups excluding carboxylic acids is 1. The summed E-state index contributed by atoms with van der Waals surface area (Å²) in [5, 5.41) is 0.896. The van der Waals surface area contributed by atoms with Gasteiger partial charge >= 0.3 is 0 Å². The molecule has 3 N–H and O–H groups in total. The number of aromatic amines is 1. The Morgan fingerprint density at radius 3 is 2.62 bits per heavy atom. The highest BCUT2D eigenvalue weighted by molar-refractivity contribution is 9.10. The van der Waals surface area contributed by atoms with Crippen LogP contribution in [0.1, 0.15) is 21.5 Å². The number of fused-ring (bicyclic) bond motifs is 1. The molecule has 5 heteroatoms. The molecule has 0 amide bonds. The summed E-state index contributed by atoms with van der Waals surface area (Å²) in [5.41, 5.74) is 9.55. The number of nitrogen functional groups attached to an aromatic ring is 1. The fourth-order valence-corrected chi connectivity index (χ4v) is 3.20. The third-order valence-electron chi connectivity index (χ3n) is 3.55. The average Bonchev–Trinajstić information content (AvgIpc) is 2.85. The maximum Gasteiger partial charge on any atom is 0.195 e. The van der Waals surface area contributed by atoms with Gasteiger partial charge in [0.25, 0.3) is 0 Å². The van der Waals surface area contributed by atoms with Crippen LogP contribution in [0.15, 0.2) is 45.5 Å². The van der Waals surface area contributed by atoms with E-state index in [1.165, 1.54) is 0 Å². The second-order valence-corrected chi connectivity index (χ2v) is 6.72. The number of benzene rings is 2. The predicted octanol–water partition coefficient (Wildman–Crippen LogP) is 4.81. The lowest BCUT2D eigenvalue weighted by molar-refractivity contribution is 0.103. The standard InChI is InChI=1S/C16H12Br2N2O/c1-8-11(5-10(18)6-14(8)19)16(21)13-7-20-15-3-2-9(17)4-12(13)15/h2-7,20H,19H2,1H3. The Kier molecular flexibility index (Phi) is 3.63. The molecule has 0 spiro atoms. The van der Waals surface area contributed by atoms with Gasteiger partial charge in [0.15, 0.2) is 5.78 Å². The van der Waals surface area contributed by atoms with Crippen LogP contribution < -0.4 is 5.73 Å². The highest BCUT2D eigenvalue weighted by atomic mass is 79.9. The van der Waals surface area contributed by atoms with Gasteiger partial charge in [0, 0.05) is 42.9 Å². The zero-order valence-corrected chi connectivity index (χ0v) is 14.4. The number of rotatable bonds is 2. The van der Waals surface area contributed by atoms with Crippen molar-refractivity contribution >= 4 is 54.2 Å². The third kappa shape index (κ3) is 2.51. The van der Waals surface area contributed by atoms with Crippen LogP contribution in [-0.2, 0) is 0 Å². The van der Waals surface area contributed by atoms with Gasteiger partial charge in [-0.2, -0.15) is 0 Å². The van der Waals surface area contributed by atoms with E-state index in [2.05, 4.69) is 36.8 Å². The number of aromatic nitrogens is 1. The van der Waals surface area contributed by atoms with E-state index in [0.717, 1.165) is 25.4 Å². The van der Waals surface area contributed by atoms with Gasteiger partial charge in [-0.3, -0.25) is 4.79 Å². The highest BCUT2D eigenvalue weighted by Gasteiger charge is 2.18. The predicted molar refractivity (Wildman–Crippen MR) is 92.7 cm³/mol. The molecule has 0 unspecified atom stereocenters. The maximum absolute atomic E-state index is 12.8. The molecule has 0 aliphatic rings. The van der Waals surface area contributed by atoms with E-state index < -0.39 is 0 Å². The van der Waals surface area contributed by atoms with E-state index >= 15 is 0 Å². The van der Waals surface area contributed by atoms with Gasteiger partial charge in [-0.25, -0.2) is 0 Å². The maximum atomic E-state index is 12.8. The first kappa shape index (κ1) is 14.4. The van der Waals surface area contributed by atoms with Gasteiger partial charge < -0.3 is 10.7 Å². The van der Waals surface area contributed by atoms with E-state index in [1.54, 1.807) is 12.3 Å². The summed E-state index contributed by atoms with van der Waals surface area (Å²) < 4.78 is 1.74. The quantitative estimate of drug-likeness (QED) is 0.472. The number of ketones is 1. The molecule has 3 aromatic rings. The number of carbonyl (C=O) groups is 1. The van der Waals surface area contributed by atoms with Crippen molar-refractivity contribution in [1.29, 1.82) is 0 Å². The minimum absolute atomic E-state index is 0.0372. The monoisotopic (exact) mass is 406 g/mol. The van der Waals surface area contributed by atoms with Crippen LogP contribution in [0.25, 0.3) is 10.9 Å². The summed E-state index contributed by atoms with van der Waals surface area (Å²) >= 11 is 6.83. The minimum atomic E-state index is -0.0372. The summed E-state index contributed by atoms with van der Waals surface area (Å²) in [7, 11) is 0. The molecule has 2 aromatic carbocycles. The molecule has 0 radical (unpaired) electrons. The molecule has 106 valence electrons. The van der Waals surface area contributed by atoms with Gasteiger partial charge in [-0.1, -0.05) is 31.9 Å². The second-order valence-electron chi connectivity index (χ2n) is 4.89. The molecular weight excluding hydrogens is 396 g/mol. The molecule has 3 nitrogen and oxygen atoms in total. The number of halogens is 2. The molecular formula is C16H12Br2N2O.